The van der Waals surface area contributed by atoms with Crippen LogP contribution in [0.2, 0.25) is 4.34 Å². The fraction of sp³-hybridized carbons (Fsp3) is 0.286. The number of aliphatic carboxylic acids is 1. The van der Waals surface area contributed by atoms with E-state index < -0.39 is 12.0 Å². The van der Waals surface area contributed by atoms with Crippen molar-refractivity contribution < 1.29 is 9.90 Å². The second-order valence-corrected chi connectivity index (χ2v) is 3.89. The van der Waals surface area contributed by atoms with E-state index in [2.05, 4.69) is 0 Å². The van der Waals surface area contributed by atoms with Crippen LogP contribution < -0.4 is 5.73 Å². The van der Waals surface area contributed by atoms with Crippen LogP contribution in [0.25, 0.3) is 0 Å². The Morgan fingerprint density at radius 1 is 1.83 bits per heavy atom. The van der Waals surface area contributed by atoms with Gasteiger partial charge in [-0.05, 0) is 17.0 Å². The van der Waals surface area contributed by atoms with E-state index in [1.165, 1.54) is 11.3 Å². The Labute approximate surface area is 78.8 Å². The molecule has 0 saturated heterocycles. The maximum absolute atomic E-state index is 10.4. The molecule has 1 atom stereocenters. The summed E-state index contributed by atoms with van der Waals surface area (Å²) in [5.74, 6) is -1.00. The zero-order valence-electron chi connectivity index (χ0n) is 6.16. The van der Waals surface area contributed by atoms with E-state index in [1.54, 1.807) is 6.07 Å². The van der Waals surface area contributed by atoms with Crippen LogP contribution in [0.3, 0.4) is 0 Å². The summed E-state index contributed by atoms with van der Waals surface area (Å²) in [7, 11) is 0. The number of carboxylic acid groups (broad SMARTS) is 1. The predicted molar refractivity (Wildman–Crippen MR) is 48.6 cm³/mol. The minimum Gasteiger partial charge on any atom is -0.480 e. The van der Waals surface area contributed by atoms with E-state index in [4.69, 9.17) is 22.4 Å². The minimum absolute atomic E-state index is 0.289. The lowest BCUT2D eigenvalue weighted by Crippen LogP contribution is -2.32. The summed E-state index contributed by atoms with van der Waals surface area (Å²) in [6.45, 7) is 0. The van der Waals surface area contributed by atoms with Gasteiger partial charge in [0.05, 0.1) is 4.34 Å². The Balaban J connectivity index is 2.64. The standard InChI is InChI=1S/C7H8ClNO2S/c8-6-4(1-2-12-6)3-5(9)7(10)11/h1-2,5H,3,9H2,(H,10,11)/t5-/m1/s1. The van der Waals surface area contributed by atoms with Gasteiger partial charge >= 0.3 is 5.97 Å². The highest BCUT2D eigenvalue weighted by Crippen LogP contribution is 2.23. The first-order valence-electron chi connectivity index (χ1n) is 3.31. The number of hydrogen-bond donors (Lipinski definition) is 2. The molecule has 0 aliphatic carbocycles. The number of rotatable bonds is 3. The molecule has 1 aromatic rings. The number of thiophene rings is 1. The van der Waals surface area contributed by atoms with E-state index in [0.29, 0.717) is 4.34 Å². The van der Waals surface area contributed by atoms with Crippen molar-refractivity contribution in [1.82, 2.24) is 0 Å². The molecule has 1 rings (SSSR count). The van der Waals surface area contributed by atoms with Gasteiger partial charge in [0.1, 0.15) is 6.04 Å². The molecule has 3 nitrogen and oxygen atoms in total. The van der Waals surface area contributed by atoms with Gasteiger partial charge in [0.25, 0.3) is 0 Å². The molecule has 0 spiro atoms. The summed E-state index contributed by atoms with van der Waals surface area (Å²) in [5, 5.41) is 10.3. The second-order valence-electron chi connectivity index (χ2n) is 2.37. The van der Waals surface area contributed by atoms with Gasteiger partial charge in [-0.15, -0.1) is 11.3 Å². The molecule has 0 fully saturated rings. The van der Waals surface area contributed by atoms with Crippen molar-refractivity contribution in [3.05, 3.63) is 21.3 Å². The number of carboxylic acids is 1. The fourth-order valence-corrected chi connectivity index (χ4v) is 1.74. The summed E-state index contributed by atoms with van der Waals surface area (Å²) < 4.78 is 0.617. The molecule has 5 heteroatoms. The maximum Gasteiger partial charge on any atom is 0.320 e. The molecule has 3 N–H and O–H groups in total. The van der Waals surface area contributed by atoms with Gasteiger partial charge in [-0.2, -0.15) is 0 Å². The topological polar surface area (TPSA) is 63.3 Å². The van der Waals surface area contributed by atoms with E-state index in [9.17, 15) is 4.79 Å². The average Bonchev–Trinajstić information content (AvgIpc) is 2.36. The second kappa shape index (κ2) is 3.89. The third kappa shape index (κ3) is 2.20. The highest BCUT2D eigenvalue weighted by atomic mass is 35.5. The van der Waals surface area contributed by atoms with Crippen LogP contribution in [-0.4, -0.2) is 17.1 Å². The van der Waals surface area contributed by atoms with E-state index in [0.717, 1.165) is 5.56 Å². The number of hydrogen-bond acceptors (Lipinski definition) is 3. The Bertz CT molecular complexity index is 287. The molecule has 0 bridgehead atoms. The lowest BCUT2D eigenvalue weighted by atomic mass is 10.1. The van der Waals surface area contributed by atoms with Gasteiger partial charge in [-0.1, -0.05) is 11.6 Å². The molecule has 12 heavy (non-hydrogen) atoms. The number of halogens is 1. The first-order chi connectivity index (χ1) is 5.61. The summed E-state index contributed by atoms with van der Waals surface area (Å²) in [5.41, 5.74) is 6.13. The van der Waals surface area contributed by atoms with Gasteiger partial charge in [0.15, 0.2) is 0 Å². The normalized spacial score (nSPS) is 12.8. The summed E-state index contributed by atoms with van der Waals surface area (Å²) in [4.78, 5) is 10.4. The molecule has 0 saturated carbocycles. The van der Waals surface area contributed by atoms with Gasteiger partial charge < -0.3 is 10.8 Å². The smallest absolute Gasteiger partial charge is 0.320 e. The molecule has 0 amide bonds. The molecular weight excluding hydrogens is 198 g/mol. The van der Waals surface area contributed by atoms with Crippen LogP contribution in [0.5, 0.6) is 0 Å². The van der Waals surface area contributed by atoms with Crippen molar-refractivity contribution in [1.29, 1.82) is 0 Å². The van der Waals surface area contributed by atoms with Gasteiger partial charge in [0.2, 0.25) is 0 Å². The van der Waals surface area contributed by atoms with Crippen molar-refractivity contribution in [2.24, 2.45) is 5.73 Å². The third-order valence-electron chi connectivity index (χ3n) is 1.45. The zero-order chi connectivity index (χ0) is 9.14. The molecule has 0 unspecified atom stereocenters. The van der Waals surface area contributed by atoms with E-state index in [1.807, 2.05) is 5.38 Å². The monoisotopic (exact) mass is 205 g/mol. The van der Waals surface area contributed by atoms with E-state index in [-0.39, 0.29) is 6.42 Å². The first kappa shape index (κ1) is 9.51. The molecule has 1 heterocycles. The first-order valence-corrected chi connectivity index (χ1v) is 4.57. The lowest BCUT2D eigenvalue weighted by Gasteiger charge is -2.03. The van der Waals surface area contributed by atoms with Crippen molar-refractivity contribution in [3.63, 3.8) is 0 Å². The Kier molecular flexibility index (Phi) is 3.08. The van der Waals surface area contributed by atoms with Crippen LogP contribution in [0.15, 0.2) is 11.4 Å². The number of carbonyl (C=O) groups is 1. The van der Waals surface area contributed by atoms with Crippen LogP contribution >= 0.6 is 22.9 Å². The van der Waals surface area contributed by atoms with Crippen LogP contribution in [0.1, 0.15) is 5.56 Å². The largest absolute Gasteiger partial charge is 0.480 e. The molecule has 66 valence electrons. The van der Waals surface area contributed by atoms with Crippen molar-refractivity contribution in [2.75, 3.05) is 0 Å². The molecule has 0 aliphatic rings. The average molecular weight is 206 g/mol. The third-order valence-corrected chi connectivity index (χ3v) is 2.70. The summed E-state index contributed by atoms with van der Waals surface area (Å²) >= 11 is 7.13. The van der Waals surface area contributed by atoms with Crippen molar-refractivity contribution >= 4 is 28.9 Å². The zero-order valence-corrected chi connectivity index (χ0v) is 7.73. The highest BCUT2D eigenvalue weighted by Gasteiger charge is 2.14. The Morgan fingerprint density at radius 2 is 2.50 bits per heavy atom. The van der Waals surface area contributed by atoms with Gasteiger partial charge in [-0.3, -0.25) is 4.79 Å². The summed E-state index contributed by atoms with van der Waals surface area (Å²) in [6.07, 6.45) is 0.289. The predicted octanol–water partition coefficient (Wildman–Crippen LogP) is 1.36. The van der Waals surface area contributed by atoms with E-state index >= 15 is 0 Å². The minimum atomic E-state index is -1.00. The Hall–Kier alpha value is -0.580. The maximum atomic E-state index is 10.4. The van der Waals surface area contributed by atoms with Crippen molar-refractivity contribution in [3.8, 4) is 0 Å². The lowest BCUT2D eigenvalue weighted by molar-refractivity contribution is -0.138. The molecule has 0 radical (unpaired) electrons. The van der Waals surface area contributed by atoms with Crippen LogP contribution in [0.4, 0.5) is 0 Å². The van der Waals surface area contributed by atoms with Crippen LogP contribution in [-0.2, 0) is 11.2 Å². The quantitative estimate of drug-likeness (QED) is 0.783. The number of nitrogens with two attached hydrogens (primary N) is 1. The highest BCUT2D eigenvalue weighted by molar-refractivity contribution is 7.14. The summed E-state index contributed by atoms with van der Waals surface area (Å²) in [6, 6.07) is 0.924. The van der Waals surface area contributed by atoms with Crippen LogP contribution in [0, 0.1) is 0 Å². The SMILES string of the molecule is N[C@H](Cc1ccsc1Cl)C(=O)O. The fourth-order valence-electron chi connectivity index (χ4n) is 0.790. The van der Waals surface area contributed by atoms with Gasteiger partial charge in [0, 0.05) is 6.42 Å². The molecule has 0 aliphatic heterocycles. The van der Waals surface area contributed by atoms with Crippen molar-refractivity contribution in [2.45, 2.75) is 12.5 Å². The molecular formula is C7H8ClNO2S. The molecule has 1 aromatic heterocycles. The van der Waals surface area contributed by atoms with Gasteiger partial charge in [-0.25, -0.2) is 0 Å². The molecule has 0 aromatic carbocycles. The Morgan fingerprint density at radius 3 is 2.92 bits per heavy atom.